The van der Waals surface area contributed by atoms with Gasteiger partial charge in [0.2, 0.25) is 5.95 Å². The molecule has 3 aromatic carbocycles. The summed E-state index contributed by atoms with van der Waals surface area (Å²) >= 11 is 0. The van der Waals surface area contributed by atoms with Crippen LogP contribution in [0.5, 0.6) is 5.75 Å². The van der Waals surface area contributed by atoms with Crippen LogP contribution in [0.25, 0.3) is 22.3 Å². The Kier molecular flexibility index (Phi) is 7.52. The van der Waals surface area contributed by atoms with Crippen molar-refractivity contribution in [1.29, 1.82) is 0 Å². The zero-order chi connectivity index (χ0) is 31.9. The maximum Gasteiger partial charge on any atom is 0.422 e. The first-order valence-electron chi connectivity index (χ1n) is 13.4. The van der Waals surface area contributed by atoms with Crippen LogP contribution in [0.1, 0.15) is 11.1 Å². The molecule has 1 amide bonds. The monoisotopic (exact) mass is 637 g/mol. The summed E-state index contributed by atoms with van der Waals surface area (Å²) in [5.74, 6) is -1.22. The molecule has 3 heterocycles. The minimum absolute atomic E-state index is 0.0544. The number of pyridine rings is 1. The predicted octanol–water partition coefficient (Wildman–Crippen LogP) is 6.20. The molecule has 1 aliphatic rings. The number of hydrogen-bond acceptors (Lipinski definition) is 7. The summed E-state index contributed by atoms with van der Waals surface area (Å²) in [5, 5.41) is 10.0. The van der Waals surface area contributed by atoms with Gasteiger partial charge in [-0.25, -0.2) is 17.3 Å². The van der Waals surface area contributed by atoms with Crippen molar-refractivity contribution < 1.29 is 35.5 Å². The fraction of sp³-hybridized carbons (Fsp3) is 0.129. The van der Waals surface area contributed by atoms with Crippen molar-refractivity contribution >= 4 is 44.3 Å². The van der Waals surface area contributed by atoms with Crippen LogP contribution in [-0.2, 0) is 21.1 Å². The standard InChI is InChI=1S/C31H23F4N5O4S/c1-18(19-2-7-23(32)8-3-19)29(41)36-24-9-4-20(5-10-24)22-6-11-28-38-30(39-40(28)16-22)37-25-14-21-12-13-45(42,43)27(21)15-26(25)44-17-31(33,34)35/h2-11,14-16H,1,12-13,17H2,(H,36,41)(H,37,39). The summed E-state index contributed by atoms with van der Waals surface area (Å²) in [6, 6.07) is 18.5. The van der Waals surface area contributed by atoms with Crippen molar-refractivity contribution in [1.82, 2.24) is 14.6 Å². The highest BCUT2D eigenvalue weighted by molar-refractivity contribution is 7.91. The molecule has 230 valence electrons. The Balaban J connectivity index is 1.20. The van der Waals surface area contributed by atoms with E-state index in [-0.39, 0.29) is 40.0 Å². The van der Waals surface area contributed by atoms with Gasteiger partial charge in [0.05, 0.1) is 16.3 Å². The van der Waals surface area contributed by atoms with E-state index in [0.29, 0.717) is 22.5 Å². The first kappa shape index (κ1) is 29.8. The Bertz CT molecular complexity index is 2060. The third-order valence-corrected chi connectivity index (χ3v) is 8.84. The first-order chi connectivity index (χ1) is 21.3. The Morgan fingerprint density at radius 2 is 1.71 bits per heavy atom. The van der Waals surface area contributed by atoms with Gasteiger partial charge in [-0.05, 0) is 65.6 Å². The molecule has 0 saturated carbocycles. The number of carbonyl (C=O) groups is 1. The number of fused-ring (bicyclic) bond motifs is 2. The number of aryl methyl sites for hydroxylation is 1. The average molecular weight is 638 g/mol. The number of sulfone groups is 1. The van der Waals surface area contributed by atoms with Gasteiger partial charge < -0.3 is 15.4 Å². The normalized spacial score (nSPS) is 13.8. The van der Waals surface area contributed by atoms with Gasteiger partial charge in [-0.15, -0.1) is 5.10 Å². The minimum Gasteiger partial charge on any atom is -0.482 e. The Morgan fingerprint density at radius 3 is 2.42 bits per heavy atom. The largest absolute Gasteiger partial charge is 0.482 e. The lowest BCUT2D eigenvalue weighted by molar-refractivity contribution is -0.153. The molecular weight excluding hydrogens is 614 g/mol. The third kappa shape index (κ3) is 6.50. The van der Waals surface area contributed by atoms with Gasteiger partial charge in [0.25, 0.3) is 5.91 Å². The number of carbonyl (C=O) groups excluding carboxylic acids is 1. The summed E-state index contributed by atoms with van der Waals surface area (Å²) in [6.07, 6.45) is -2.71. The molecule has 14 heteroatoms. The quantitative estimate of drug-likeness (QED) is 0.154. The molecule has 0 saturated heterocycles. The number of aromatic nitrogens is 3. The van der Waals surface area contributed by atoms with Crippen molar-refractivity contribution in [2.45, 2.75) is 17.5 Å². The highest BCUT2D eigenvalue weighted by Gasteiger charge is 2.32. The fourth-order valence-corrected chi connectivity index (χ4v) is 6.34. The molecule has 2 N–H and O–H groups in total. The Labute approximate surface area is 254 Å². The number of rotatable bonds is 8. The van der Waals surface area contributed by atoms with Crippen LogP contribution >= 0.6 is 0 Å². The molecular formula is C31H23F4N5O4S. The number of nitrogens with zero attached hydrogens (tertiary/aromatic N) is 3. The van der Waals surface area contributed by atoms with E-state index in [0.717, 1.165) is 17.2 Å². The zero-order valence-corrected chi connectivity index (χ0v) is 24.0. The van der Waals surface area contributed by atoms with E-state index in [4.69, 9.17) is 4.74 Å². The number of nitrogens with one attached hydrogen (secondary N) is 2. The molecule has 0 bridgehead atoms. The molecule has 45 heavy (non-hydrogen) atoms. The summed E-state index contributed by atoms with van der Waals surface area (Å²) in [7, 11) is -3.61. The molecule has 5 aromatic rings. The van der Waals surface area contributed by atoms with Crippen LogP contribution in [0.4, 0.5) is 34.9 Å². The van der Waals surface area contributed by atoms with Crippen LogP contribution in [0, 0.1) is 5.82 Å². The summed E-state index contributed by atoms with van der Waals surface area (Å²) in [4.78, 5) is 16.9. The summed E-state index contributed by atoms with van der Waals surface area (Å²) in [5.41, 5.74) is 3.74. The van der Waals surface area contributed by atoms with Gasteiger partial charge in [-0.1, -0.05) is 30.8 Å². The van der Waals surface area contributed by atoms with Gasteiger partial charge >= 0.3 is 6.18 Å². The fourth-order valence-electron chi connectivity index (χ4n) is 4.78. The number of alkyl halides is 3. The second-order valence-electron chi connectivity index (χ2n) is 10.2. The lowest BCUT2D eigenvalue weighted by atomic mass is 10.1. The van der Waals surface area contributed by atoms with E-state index in [1.165, 1.54) is 34.8 Å². The van der Waals surface area contributed by atoms with Gasteiger partial charge in [-0.2, -0.15) is 18.2 Å². The minimum atomic E-state index is -4.63. The van der Waals surface area contributed by atoms with E-state index < -0.39 is 34.3 Å². The maximum atomic E-state index is 13.2. The second kappa shape index (κ2) is 11.4. The lowest BCUT2D eigenvalue weighted by Crippen LogP contribution is -2.19. The molecule has 2 aromatic heterocycles. The van der Waals surface area contributed by atoms with Crippen LogP contribution in [0.15, 0.2) is 90.5 Å². The molecule has 0 aliphatic carbocycles. The highest BCUT2D eigenvalue weighted by Crippen LogP contribution is 2.37. The van der Waals surface area contributed by atoms with Crippen LogP contribution in [0.2, 0.25) is 0 Å². The number of anilines is 3. The molecule has 0 unspecified atom stereocenters. The lowest BCUT2D eigenvalue weighted by Gasteiger charge is -2.15. The van der Waals surface area contributed by atoms with Gasteiger partial charge in [0.15, 0.2) is 22.1 Å². The van der Waals surface area contributed by atoms with E-state index in [1.54, 1.807) is 42.6 Å². The molecule has 0 fully saturated rings. The molecule has 0 radical (unpaired) electrons. The van der Waals surface area contributed by atoms with E-state index in [1.807, 2.05) is 0 Å². The highest BCUT2D eigenvalue weighted by atomic mass is 32.2. The molecule has 0 atom stereocenters. The van der Waals surface area contributed by atoms with Crippen molar-refractivity contribution in [3.63, 3.8) is 0 Å². The number of ether oxygens (including phenoxy) is 1. The molecule has 6 rings (SSSR count). The van der Waals surface area contributed by atoms with Crippen LogP contribution < -0.4 is 15.4 Å². The van der Waals surface area contributed by atoms with Crippen molar-refractivity contribution in [2.75, 3.05) is 23.0 Å². The van der Waals surface area contributed by atoms with E-state index in [9.17, 15) is 30.8 Å². The number of amides is 1. The first-order valence-corrected chi connectivity index (χ1v) is 15.1. The van der Waals surface area contributed by atoms with Gasteiger partial charge in [-0.3, -0.25) is 4.79 Å². The second-order valence-corrected chi connectivity index (χ2v) is 12.3. The smallest absolute Gasteiger partial charge is 0.422 e. The SMILES string of the molecule is C=C(C(=O)Nc1ccc(-c2ccc3nc(Nc4cc5c(cc4OCC(F)(F)F)S(=O)(=O)CC5)nn3c2)cc1)c1ccc(F)cc1. The number of halogens is 4. The summed E-state index contributed by atoms with van der Waals surface area (Å²) < 4.78 is 83.0. The van der Waals surface area contributed by atoms with E-state index in [2.05, 4.69) is 27.3 Å². The number of hydrogen-bond donors (Lipinski definition) is 2. The third-order valence-electron chi connectivity index (χ3n) is 7.05. The van der Waals surface area contributed by atoms with E-state index >= 15 is 0 Å². The van der Waals surface area contributed by atoms with Gasteiger partial charge in [0, 0.05) is 29.1 Å². The average Bonchev–Trinajstić information content (AvgIpc) is 3.54. The van der Waals surface area contributed by atoms with Crippen molar-refractivity contribution in [3.8, 4) is 16.9 Å². The molecule has 9 nitrogen and oxygen atoms in total. The predicted molar refractivity (Wildman–Crippen MR) is 160 cm³/mol. The molecule has 1 aliphatic heterocycles. The summed E-state index contributed by atoms with van der Waals surface area (Å²) in [6.45, 7) is 2.18. The Hall–Kier alpha value is -5.24. The van der Waals surface area contributed by atoms with Crippen molar-refractivity contribution in [3.05, 3.63) is 103 Å². The van der Waals surface area contributed by atoms with Crippen molar-refractivity contribution in [2.24, 2.45) is 0 Å². The Morgan fingerprint density at radius 1 is 1.00 bits per heavy atom. The van der Waals surface area contributed by atoms with Crippen LogP contribution in [-0.4, -0.2) is 47.5 Å². The van der Waals surface area contributed by atoms with Gasteiger partial charge in [0.1, 0.15) is 11.6 Å². The maximum absolute atomic E-state index is 13.2. The topological polar surface area (TPSA) is 115 Å². The number of benzene rings is 3. The molecule has 0 spiro atoms. The zero-order valence-electron chi connectivity index (χ0n) is 23.2. The van der Waals surface area contributed by atoms with Crippen LogP contribution in [0.3, 0.4) is 0 Å².